The molecule has 1 N–H and O–H groups in total. The minimum atomic E-state index is 1.25. The molecule has 0 fully saturated rings. The highest BCUT2D eigenvalue weighted by Gasteiger charge is 1.95. The Morgan fingerprint density at radius 1 is 1.08 bits per heavy atom. The number of aryl methyl sites for hydroxylation is 1. The molecule has 0 radical (unpaired) electrons. The van der Waals surface area contributed by atoms with Gasteiger partial charge in [-0.1, -0.05) is 29.8 Å². The Morgan fingerprint density at radius 3 is 2.67 bits per heavy atom. The van der Waals surface area contributed by atoms with Crippen molar-refractivity contribution in [3.63, 3.8) is 0 Å². The highest BCUT2D eigenvalue weighted by atomic mass is 14.6. The summed E-state index contributed by atoms with van der Waals surface area (Å²) in [6, 6.07) is 10.6. The molecule has 60 valence electrons. The molecular weight excluding hydrogens is 146 g/mol. The Kier molecular flexibility index (Phi) is 1.71. The molecule has 1 aromatic heterocycles. The third kappa shape index (κ3) is 1.26. The van der Waals surface area contributed by atoms with Crippen molar-refractivity contribution in [3.8, 4) is 11.1 Å². The predicted molar refractivity (Wildman–Crippen MR) is 51.0 cm³/mol. The summed E-state index contributed by atoms with van der Waals surface area (Å²) in [5.41, 5.74) is 3.82. The summed E-state index contributed by atoms with van der Waals surface area (Å²) in [4.78, 5) is 3.05. The third-order valence-corrected chi connectivity index (χ3v) is 1.95. The van der Waals surface area contributed by atoms with Crippen molar-refractivity contribution in [2.45, 2.75) is 6.92 Å². The second kappa shape index (κ2) is 2.86. The van der Waals surface area contributed by atoms with E-state index in [0.717, 1.165) is 0 Å². The van der Waals surface area contributed by atoms with Gasteiger partial charge in [0.1, 0.15) is 0 Å². The lowest BCUT2D eigenvalue weighted by Gasteiger charge is -1.97. The fourth-order valence-corrected chi connectivity index (χ4v) is 1.33. The number of aromatic amines is 1. The number of benzene rings is 1. The van der Waals surface area contributed by atoms with Crippen LogP contribution in [0.5, 0.6) is 0 Å². The highest BCUT2D eigenvalue weighted by Crippen LogP contribution is 2.18. The van der Waals surface area contributed by atoms with E-state index in [0.29, 0.717) is 0 Å². The Bertz CT molecular complexity index is 360. The van der Waals surface area contributed by atoms with Gasteiger partial charge in [-0.2, -0.15) is 0 Å². The molecule has 0 saturated heterocycles. The molecule has 0 aliphatic rings. The maximum absolute atomic E-state index is 3.05. The molecule has 12 heavy (non-hydrogen) atoms. The van der Waals surface area contributed by atoms with E-state index in [9.17, 15) is 0 Å². The summed E-state index contributed by atoms with van der Waals surface area (Å²) in [6.45, 7) is 2.11. The lowest BCUT2D eigenvalue weighted by molar-refractivity contribution is 1.41. The van der Waals surface area contributed by atoms with Crippen molar-refractivity contribution in [2.75, 3.05) is 0 Å². The van der Waals surface area contributed by atoms with Crippen LogP contribution in [0, 0.1) is 6.92 Å². The van der Waals surface area contributed by atoms with E-state index in [1.807, 2.05) is 12.4 Å². The number of H-pyrrole nitrogens is 1. The van der Waals surface area contributed by atoms with Crippen LogP contribution in [0.25, 0.3) is 11.1 Å². The third-order valence-electron chi connectivity index (χ3n) is 1.95. The molecule has 0 amide bonds. The van der Waals surface area contributed by atoms with E-state index >= 15 is 0 Å². The average molecular weight is 157 g/mol. The van der Waals surface area contributed by atoms with Crippen LogP contribution in [-0.4, -0.2) is 4.98 Å². The smallest absolute Gasteiger partial charge is 0.00841 e. The predicted octanol–water partition coefficient (Wildman–Crippen LogP) is 2.99. The SMILES string of the molecule is Cc1cccc(-c2cc[nH]c2)c1. The maximum Gasteiger partial charge on any atom is 0.00841 e. The molecule has 0 spiro atoms. The summed E-state index contributed by atoms with van der Waals surface area (Å²) in [5, 5.41) is 0. The van der Waals surface area contributed by atoms with Crippen molar-refractivity contribution in [2.24, 2.45) is 0 Å². The van der Waals surface area contributed by atoms with Crippen molar-refractivity contribution >= 4 is 0 Å². The zero-order valence-corrected chi connectivity index (χ0v) is 7.04. The zero-order chi connectivity index (χ0) is 8.39. The van der Waals surface area contributed by atoms with Crippen LogP contribution in [0.15, 0.2) is 42.7 Å². The summed E-state index contributed by atoms with van der Waals surface area (Å²) in [7, 11) is 0. The maximum atomic E-state index is 3.05. The number of hydrogen-bond acceptors (Lipinski definition) is 0. The molecule has 2 rings (SSSR count). The topological polar surface area (TPSA) is 15.8 Å². The minimum absolute atomic E-state index is 1.25. The van der Waals surface area contributed by atoms with Crippen molar-refractivity contribution < 1.29 is 0 Å². The van der Waals surface area contributed by atoms with Gasteiger partial charge in [0.25, 0.3) is 0 Å². The number of aromatic nitrogens is 1. The molecule has 1 heteroatoms. The monoisotopic (exact) mass is 157 g/mol. The second-order valence-corrected chi connectivity index (χ2v) is 2.97. The minimum Gasteiger partial charge on any atom is -0.367 e. The Labute approximate surface area is 72.1 Å². The molecule has 1 aromatic carbocycles. The van der Waals surface area contributed by atoms with Crippen LogP contribution >= 0.6 is 0 Å². The first-order valence-electron chi connectivity index (χ1n) is 4.06. The van der Waals surface area contributed by atoms with Crippen molar-refractivity contribution in [3.05, 3.63) is 48.3 Å². The molecule has 0 saturated carbocycles. The Morgan fingerprint density at radius 2 is 2.00 bits per heavy atom. The van der Waals surface area contributed by atoms with Gasteiger partial charge in [0, 0.05) is 12.4 Å². The van der Waals surface area contributed by atoms with Crippen LogP contribution in [-0.2, 0) is 0 Å². The molecule has 0 bridgehead atoms. The Balaban J connectivity index is 2.48. The van der Waals surface area contributed by atoms with Gasteiger partial charge >= 0.3 is 0 Å². The number of rotatable bonds is 1. The Hall–Kier alpha value is -1.50. The summed E-state index contributed by atoms with van der Waals surface area (Å²) < 4.78 is 0. The summed E-state index contributed by atoms with van der Waals surface area (Å²) in [6.07, 6.45) is 3.95. The highest BCUT2D eigenvalue weighted by molar-refractivity contribution is 5.63. The van der Waals surface area contributed by atoms with Crippen LogP contribution in [0.3, 0.4) is 0 Å². The lowest BCUT2D eigenvalue weighted by atomic mass is 10.1. The van der Waals surface area contributed by atoms with E-state index in [4.69, 9.17) is 0 Å². The van der Waals surface area contributed by atoms with Crippen LogP contribution in [0.2, 0.25) is 0 Å². The van der Waals surface area contributed by atoms with Gasteiger partial charge in [-0.05, 0) is 24.1 Å². The first-order chi connectivity index (χ1) is 5.86. The van der Waals surface area contributed by atoms with Gasteiger partial charge in [-0.3, -0.25) is 0 Å². The van der Waals surface area contributed by atoms with Gasteiger partial charge < -0.3 is 4.98 Å². The van der Waals surface area contributed by atoms with Crippen LogP contribution in [0.1, 0.15) is 5.56 Å². The molecule has 0 aliphatic carbocycles. The molecule has 0 aliphatic heterocycles. The second-order valence-electron chi connectivity index (χ2n) is 2.97. The molecule has 0 atom stereocenters. The first kappa shape index (κ1) is 7.17. The summed E-state index contributed by atoms with van der Waals surface area (Å²) in [5.74, 6) is 0. The average Bonchev–Trinajstić information content (AvgIpc) is 2.56. The van der Waals surface area contributed by atoms with Gasteiger partial charge in [0.15, 0.2) is 0 Å². The van der Waals surface area contributed by atoms with E-state index in [2.05, 4.69) is 42.2 Å². The number of hydrogen-bond donors (Lipinski definition) is 1. The standard InChI is InChI=1S/C11H11N/c1-9-3-2-4-10(7-9)11-5-6-12-8-11/h2-8,12H,1H3. The zero-order valence-electron chi connectivity index (χ0n) is 7.04. The first-order valence-corrected chi connectivity index (χ1v) is 4.06. The van der Waals surface area contributed by atoms with Crippen molar-refractivity contribution in [1.29, 1.82) is 0 Å². The molecule has 1 heterocycles. The van der Waals surface area contributed by atoms with Crippen LogP contribution in [0.4, 0.5) is 0 Å². The summed E-state index contributed by atoms with van der Waals surface area (Å²) >= 11 is 0. The lowest BCUT2D eigenvalue weighted by Crippen LogP contribution is -1.75. The van der Waals surface area contributed by atoms with Gasteiger partial charge in [-0.25, -0.2) is 0 Å². The number of nitrogens with one attached hydrogen (secondary N) is 1. The fraction of sp³-hybridized carbons (Fsp3) is 0.0909. The molecular formula is C11H11N. The van der Waals surface area contributed by atoms with Crippen LogP contribution < -0.4 is 0 Å². The molecule has 0 unspecified atom stereocenters. The molecule has 2 aromatic rings. The quantitative estimate of drug-likeness (QED) is 0.655. The van der Waals surface area contributed by atoms with E-state index < -0.39 is 0 Å². The van der Waals surface area contributed by atoms with E-state index in [1.54, 1.807) is 0 Å². The molecule has 1 nitrogen and oxygen atoms in total. The van der Waals surface area contributed by atoms with E-state index in [-0.39, 0.29) is 0 Å². The van der Waals surface area contributed by atoms with E-state index in [1.165, 1.54) is 16.7 Å². The van der Waals surface area contributed by atoms with Crippen molar-refractivity contribution in [1.82, 2.24) is 4.98 Å². The van der Waals surface area contributed by atoms with Gasteiger partial charge in [0.2, 0.25) is 0 Å². The fourth-order valence-electron chi connectivity index (χ4n) is 1.33. The normalized spacial score (nSPS) is 10.1. The van der Waals surface area contributed by atoms with Gasteiger partial charge in [-0.15, -0.1) is 0 Å². The van der Waals surface area contributed by atoms with Gasteiger partial charge in [0.05, 0.1) is 0 Å². The largest absolute Gasteiger partial charge is 0.367 e.